The Hall–Kier alpha value is -2.07. The van der Waals surface area contributed by atoms with Crippen molar-refractivity contribution in [3.05, 3.63) is 48.2 Å². The van der Waals surface area contributed by atoms with Gasteiger partial charge < -0.3 is 24.8 Å². The number of methoxy groups -OCH3 is 1. The number of guanidine groups is 1. The molecule has 1 aromatic carbocycles. The van der Waals surface area contributed by atoms with E-state index >= 15 is 0 Å². The van der Waals surface area contributed by atoms with Gasteiger partial charge in [-0.25, -0.2) is 9.98 Å². The van der Waals surface area contributed by atoms with Crippen molar-refractivity contribution in [1.82, 2.24) is 10.3 Å². The SMILES string of the molecule is CCCOc1ncccc1CN=C(NCC)Nc1cccc(OCCCOC)c1.I. The van der Waals surface area contributed by atoms with Crippen LogP contribution in [0.25, 0.3) is 0 Å². The van der Waals surface area contributed by atoms with Crippen LogP contribution >= 0.6 is 24.0 Å². The van der Waals surface area contributed by atoms with E-state index in [0.29, 0.717) is 38.2 Å². The molecule has 8 heteroatoms. The van der Waals surface area contributed by atoms with Crippen molar-refractivity contribution in [2.45, 2.75) is 33.2 Å². The van der Waals surface area contributed by atoms with E-state index in [4.69, 9.17) is 14.2 Å². The zero-order chi connectivity index (χ0) is 20.7. The quantitative estimate of drug-likeness (QED) is 0.183. The van der Waals surface area contributed by atoms with Crippen LogP contribution in [-0.2, 0) is 11.3 Å². The maximum absolute atomic E-state index is 5.77. The van der Waals surface area contributed by atoms with Crippen molar-refractivity contribution in [2.24, 2.45) is 4.99 Å². The number of benzene rings is 1. The van der Waals surface area contributed by atoms with E-state index in [1.165, 1.54) is 0 Å². The molecule has 2 N–H and O–H groups in total. The normalized spacial score (nSPS) is 10.8. The number of hydrogen-bond donors (Lipinski definition) is 2. The van der Waals surface area contributed by atoms with Crippen LogP contribution in [0.3, 0.4) is 0 Å². The molecule has 0 saturated heterocycles. The largest absolute Gasteiger partial charge is 0.493 e. The van der Waals surface area contributed by atoms with E-state index in [0.717, 1.165) is 36.4 Å². The number of hydrogen-bond acceptors (Lipinski definition) is 5. The van der Waals surface area contributed by atoms with Gasteiger partial charge in [-0.3, -0.25) is 0 Å². The molecule has 1 aromatic heterocycles. The lowest BCUT2D eigenvalue weighted by Gasteiger charge is -2.13. The fourth-order valence-electron chi connectivity index (χ4n) is 2.54. The zero-order valence-corrected chi connectivity index (χ0v) is 20.3. The maximum Gasteiger partial charge on any atom is 0.218 e. The molecule has 0 unspecified atom stereocenters. The Morgan fingerprint density at radius 2 is 1.93 bits per heavy atom. The topological polar surface area (TPSA) is 77.0 Å². The highest BCUT2D eigenvalue weighted by molar-refractivity contribution is 14.0. The first-order valence-corrected chi connectivity index (χ1v) is 10.1. The molecule has 0 aliphatic heterocycles. The van der Waals surface area contributed by atoms with Crippen molar-refractivity contribution in [3.8, 4) is 11.6 Å². The average molecular weight is 528 g/mol. The third-order valence-corrected chi connectivity index (χ3v) is 3.90. The monoisotopic (exact) mass is 528 g/mol. The van der Waals surface area contributed by atoms with Crippen molar-refractivity contribution in [2.75, 3.05) is 38.8 Å². The number of nitrogens with zero attached hydrogens (tertiary/aromatic N) is 2. The summed E-state index contributed by atoms with van der Waals surface area (Å²) in [6.45, 7) is 7.28. The van der Waals surface area contributed by atoms with Crippen molar-refractivity contribution in [3.63, 3.8) is 0 Å². The number of rotatable bonds is 12. The molecule has 0 aliphatic rings. The van der Waals surface area contributed by atoms with Crippen LogP contribution in [-0.4, -0.2) is 44.4 Å². The van der Waals surface area contributed by atoms with Crippen LogP contribution in [0.15, 0.2) is 47.6 Å². The second-order valence-corrected chi connectivity index (χ2v) is 6.36. The summed E-state index contributed by atoms with van der Waals surface area (Å²) in [4.78, 5) is 9.00. The summed E-state index contributed by atoms with van der Waals surface area (Å²) in [7, 11) is 1.69. The van der Waals surface area contributed by atoms with Gasteiger partial charge in [0, 0.05) is 50.2 Å². The predicted molar refractivity (Wildman–Crippen MR) is 132 cm³/mol. The van der Waals surface area contributed by atoms with Crippen molar-refractivity contribution >= 4 is 35.6 Å². The number of halogens is 1. The fourth-order valence-corrected chi connectivity index (χ4v) is 2.54. The molecule has 2 aromatic rings. The third-order valence-electron chi connectivity index (χ3n) is 3.90. The Morgan fingerprint density at radius 1 is 1.07 bits per heavy atom. The van der Waals surface area contributed by atoms with Crippen LogP contribution < -0.4 is 20.1 Å². The molecule has 0 fully saturated rings. The minimum absolute atomic E-state index is 0. The lowest BCUT2D eigenvalue weighted by atomic mass is 10.2. The predicted octanol–water partition coefficient (Wildman–Crippen LogP) is 4.48. The number of nitrogens with one attached hydrogen (secondary N) is 2. The van der Waals surface area contributed by atoms with Gasteiger partial charge in [-0.1, -0.05) is 19.1 Å². The summed E-state index contributed by atoms with van der Waals surface area (Å²) >= 11 is 0. The second-order valence-electron chi connectivity index (χ2n) is 6.36. The molecule has 166 valence electrons. The summed E-state index contributed by atoms with van der Waals surface area (Å²) < 4.78 is 16.5. The smallest absolute Gasteiger partial charge is 0.218 e. The minimum atomic E-state index is 0. The molecule has 30 heavy (non-hydrogen) atoms. The van der Waals surface area contributed by atoms with Gasteiger partial charge in [-0.15, -0.1) is 24.0 Å². The molecule has 0 bridgehead atoms. The van der Waals surface area contributed by atoms with E-state index in [1.54, 1.807) is 13.3 Å². The van der Waals surface area contributed by atoms with Gasteiger partial charge in [0.15, 0.2) is 5.96 Å². The van der Waals surface area contributed by atoms with E-state index in [9.17, 15) is 0 Å². The van der Waals surface area contributed by atoms with E-state index in [-0.39, 0.29) is 24.0 Å². The fraction of sp³-hybridized carbons (Fsp3) is 0.455. The van der Waals surface area contributed by atoms with Crippen LogP contribution in [0, 0.1) is 0 Å². The van der Waals surface area contributed by atoms with E-state index < -0.39 is 0 Å². The summed E-state index contributed by atoms with van der Waals surface area (Å²) in [5.41, 5.74) is 1.86. The van der Waals surface area contributed by atoms with Gasteiger partial charge in [0.2, 0.25) is 5.88 Å². The average Bonchev–Trinajstić information content (AvgIpc) is 2.74. The summed E-state index contributed by atoms with van der Waals surface area (Å²) in [6.07, 6.45) is 3.53. The molecule has 7 nitrogen and oxygen atoms in total. The number of anilines is 1. The molecular formula is C22H33IN4O3. The first kappa shape index (κ1) is 26.0. The molecule has 1 heterocycles. The summed E-state index contributed by atoms with van der Waals surface area (Å²) in [5, 5.41) is 6.59. The summed E-state index contributed by atoms with van der Waals surface area (Å²) in [5.74, 6) is 2.14. The van der Waals surface area contributed by atoms with Crippen LogP contribution in [0.2, 0.25) is 0 Å². The number of aliphatic imine (C=N–C) groups is 1. The Morgan fingerprint density at radius 3 is 2.70 bits per heavy atom. The number of aromatic nitrogens is 1. The second kappa shape index (κ2) is 15.7. The highest BCUT2D eigenvalue weighted by Crippen LogP contribution is 2.18. The molecule has 0 radical (unpaired) electrons. The lowest BCUT2D eigenvalue weighted by molar-refractivity contribution is 0.172. The van der Waals surface area contributed by atoms with Gasteiger partial charge in [0.25, 0.3) is 0 Å². The highest BCUT2D eigenvalue weighted by Gasteiger charge is 2.06. The van der Waals surface area contributed by atoms with Crippen LogP contribution in [0.5, 0.6) is 11.6 Å². The summed E-state index contributed by atoms with van der Waals surface area (Å²) in [6, 6.07) is 11.7. The van der Waals surface area contributed by atoms with Gasteiger partial charge >= 0.3 is 0 Å². The lowest BCUT2D eigenvalue weighted by Crippen LogP contribution is -2.30. The molecule has 2 rings (SSSR count). The Bertz CT molecular complexity index is 759. The van der Waals surface area contributed by atoms with Crippen LogP contribution in [0.1, 0.15) is 32.3 Å². The van der Waals surface area contributed by atoms with Crippen molar-refractivity contribution in [1.29, 1.82) is 0 Å². The first-order valence-electron chi connectivity index (χ1n) is 10.1. The molecule has 0 saturated carbocycles. The standard InChI is InChI=1S/C22H32N4O3.HI/c1-4-13-29-21-18(9-7-12-24-21)17-25-22(23-5-2)26-19-10-6-11-20(16-19)28-15-8-14-27-3;/h6-7,9-12,16H,4-5,8,13-15,17H2,1-3H3,(H2,23,25,26);1H. The molecular weight excluding hydrogens is 495 g/mol. The highest BCUT2D eigenvalue weighted by atomic mass is 127. The molecule has 0 spiro atoms. The Balaban J connectivity index is 0.00000450. The Kier molecular flexibility index (Phi) is 13.6. The maximum atomic E-state index is 5.77. The van der Waals surface area contributed by atoms with E-state index in [1.807, 2.05) is 43.3 Å². The van der Waals surface area contributed by atoms with Crippen LogP contribution in [0.4, 0.5) is 5.69 Å². The van der Waals surface area contributed by atoms with Gasteiger partial charge in [0.05, 0.1) is 19.8 Å². The zero-order valence-electron chi connectivity index (χ0n) is 18.0. The van der Waals surface area contributed by atoms with Gasteiger partial charge in [-0.2, -0.15) is 0 Å². The minimum Gasteiger partial charge on any atom is -0.493 e. The number of pyridine rings is 1. The molecule has 0 atom stereocenters. The molecule has 0 aliphatic carbocycles. The van der Waals surface area contributed by atoms with Crippen molar-refractivity contribution < 1.29 is 14.2 Å². The third kappa shape index (κ3) is 9.62. The number of ether oxygens (including phenoxy) is 3. The van der Waals surface area contributed by atoms with Gasteiger partial charge in [-0.05, 0) is 31.5 Å². The first-order chi connectivity index (χ1) is 14.3. The Labute approximate surface area is 196 Å². The molecule has 0 amide bonds. The van der Waals surface area contributed by atoms with E-state index in [2.05, 4.69) is 27.5 Å². The van der Waals surface area contributed by atoms with Gasteiger partial charge in [0.1, 0.15) is 5.75 Å².